The minimum Gasteiger partial charge on any atom is -0.448 e. The minimum absolute atomic E-state index is 0.131. The van der Waals surface area contributed by atoms with Gasteiger partial charge in [-0.2, -0.15) is 13.5 Å². The summed E-state index contributed by atoms with van der Waals surface area (Å²) < 4.78 is 38.5. The van der Waals surface area contributed by atoms with Crippen molar-refractivity contribution in [1.82, 2.24) is 5.06 Å². The van der Waals surface area contributed by atoms with Gasteiger partial charge in [-0.25, -0.2) is 4.79 Å². The van der Waals surface area contributed by atoms with Crippen molar-refractivity contribution in [1.29, 1.82) is 0 Å². The SMILES string of the molecule is CS(=O)(=O)OCC1CON(C2(C(=O)OC(c3ccccc3)c3ccccc3)CCC(=O)O2)C1=O. The van der Waals surface area contributed by atoms with Crippen molar-refractivity contribution in [3.8, 4) is 0 Å². The summed E-state index contributed by atoms with van der Waals surface area (Å²) >= 11 is 0. The van der Waals surface area contributed by atoms with E-state index in [4.69, 9.17) is 18.5 Å². The van der Waals surface area contributed by atoms with Gasteiger partial charge in [-0.3, -0.25) is 18.6 Å². The fourth-order valence-corrected chi connectivity index (χ4v) is 4.20. The lowest BCUT2D eigenvalue weighted by molar-refractivity contribution is -0.260. The van der Waals surface area contributed by atoms with Crippen LogP contribution < -0.4 is 0 Å². The van der Waals surface area contributed by atoms with Gasteiger partial charge < -0.3 is 9.47 Å². The van der Waals surface area contributed by atoms with E-state index in [2.05, 4.69) is 0 Å². The standard InChI is InChI=1S/C23H23NO9S/c1-34(28,29)31-15-18-14-30-24(21(18)26)23(13-12-19(25)33-23)22(27)32-20(16-8-4-2-5-9-16)17-10-6-3-7-11-17/h2-11,18,20H,12-15H2,1H3. The van der Waals surface area contributed by atoms with Crippen LogP contribution in [-0.4, -0.2) is 56.5 Å². The summed E-state index contributed by atoms with van der Waals surface area (Å²) in [5, 5.41) is 0.684. The van der Waals surface area contributed by atoms with Gasteiger partial charge in [-0.05, 0) is 11.1 Å². The number of hydrogen-bond donors (Lipinski definition) is 0. The van der Waals surface area contributed by atoms with Crippen LogP contribution in [0.15, 0.2) is 60.7 Å². The maximum absolute atomic E-state index is 13.5. The Kier molecular flexibility index (Phi) is 6.69. The van der Waals surface area contributed by atoms with E-state index in [-0.39, 0.29) is 19.4 Å². The smallest absolute Gasteiger partial charge is 0.376 e. The number of cyclic esters (lactones) is 1. The molecule has 1 amide bonds. The lowest BCUT2D eigenvalue weighted by Gasteiger charge is -2.34. The summed E-state index contributed by atoms with van der Waals surface area (Å²) in [5.41, 5.74) is -0.778. The van der Waals surface area contributed by atoms with Crippen molar-refractivity contribution < 1.29 is 41.3 Å². The molecule has 0 aromatic heterocycles. The Morgan fingerprint density at radius 2 is 1.68 bits per heavy atom. The van der Waals surface area contributed by atoms with E-state index < -0.39 is 52.3 Å². The van der Waals surface area contributed by atoms with Crippen LogP contribution in [0.4, 0.5) is 0 Å². The van der Waals surface area contributed by atoms with Crippen LogP contribution in [0.2, 0.25) is 0 Å². The lowest BCUT2D eigenvalue weighted by Crippen LogP contribution is -2.56. The van der Waals surface area contributed by atoms with E-state index in [1.807, 2.05) is 12.1 Å². The van der Waals surface area contributed by atoms with Crippen molar-refractivity contribution in [3.63, 3.8) is 0 Å². The molecule has 0 spiro atoms. The monoisotopic (exact) mass is 489 g/mol. The van der Waals surface area contributed by atoms with Crippen LogP contribution in [0.3, 0.4) is 0 Å². The highest BCUT2D eigenvalue weighted by Gasteiger charge is 2.60. The lowest BCUT2D eigenvalue weighted by atomic mass is 10.0. The number of rotatable bonds is 8. The summed E-state index contributed by atoms with van der Waals surface area (Å²) in [4.78, 5) is 44.0. The molecule has 180 valence electrons. The fraction of sp³-hybridized carbons (Fsp3) is 0.348. The molecule has 0 bridgehead atoms. The highest BCUT2D eigenvalue weighted by molar-refractivity contribution is 7.85. The molecule has 4 rings (SSSR count). The second-order valence-electron chi connectivity index (χ2n) is 7.98. The van der Waals surface area contributed by atoms with Gasteiger partial charge in [0.25, 0.3) is 16.0 Å². The number of amides is 1. The van der Waals surface area contributed by atoms with Crippen LogP contribution in [0.25, 0.3) is 0 Å². The Morgan fingerprint density at radius 3 is 2.18 bits per heavy atom. The van der Waals surface area contributed by atoms with Gasteiger partial charge in [0.2, 0.25) is 0 Å². The third-order valence-corrected chi connectivity index (χ3v) is 6.03. The first-order chi connectivity index (χ1) is 16.2. The van der Waals surface area contributed by atoms with Gasteiger partial charge >= 0.3 is 17.7 Å². The predicted octanol–water partition coefficient (Wildman–Crippen LogP) is 1.72. The van der Waals surface area contributed by atoms with Gasteiger partial charge in [-0.1, -0.05) is 60.7 Å². The zero-order chi connectivity index (χ0) is 24.3. The average Bonchev–Trinajstić information content (AvgIpc) is 3.39. The molecule has 2 saturated heterocycles. The molecule has 2 unspecified atom stereocenters. The zero-order valence-electron chi connectivity index (χ0n) is 18.3. The van der Waals surface area contributed by atoms with E-state index in [1.165, 1.54) is 0 Å². The number of hydrogen-bond acceptors (Lipinski definition) is 9. The molecule has 2 heterocycles. The van der Waals surface area contributed by atoms with Gasteiger partial charge in [0.15, 0.2) is 6.10 Å². The Morgan fingerprint density at radius 1 is 1.09 bits per heavy atom. The number of hydroxylamine groups is 2. The first-order valence-electron chi connectivity index (χ1n) is 10.5. The van der Waals surface area contributed by atoms with E-state index in [0.717, 1.165) is 6.26 Å². The Balaban J connectivity index is 1.61. The topological polar surface area (TPSA) is 126 Å². The number of carbonyl (C=O) groups excluding carboxylic acids is 3. The molecule has 2 aromatic rings. The highest BCUT2D eigenvalue weighted by Crippen LogP contribution is 2.38. The summed E-state index contributed by atoms with van der Waals surface area (Å²) in [7, 11) is -3.79. The zero-order valence-corrected chi connectivity index (χ0v) is 19.1. The van der Waals surface area contributed by atoms with E-state index in [9.17, 15) is 22.8 Å². The molecule has 0 N–H and O–H groups in total. The molecule has 2 aromatic carbocycles. The summed E-state index contributed by atoms with van der Waals surface area (Å²) in [6.45, 7) is -0.717. The quantitative estimate of drug-likeness (QED) is 0.402. The largest absolute Gasteiger partial charge is 0.448 e. The molecule has 0 aliphatic carbocycles. The van der Waals surface area contributed by atoms with Crippen molar-refractivity contribution in [3.05, 3.63) is 71.8 Å². The highest BCUT2D eigenvalue weighted by atomic mass is 32.2. The molecular weight excluding hydrogens is 466 g/mol. The first-order valence-corrected chi connectivity index (χ1v) is 12.4. The van der Waals surface area contributed by atoms with Crippen LogP contribution >= 0.6 is 0 Å². The maximum atomic E-state index is 13.5. The average molecular weight is 490 g/mol. The minimum atomic E-state index is -3.79. The molecule has 11 heteroatoms. The summed E-state index contributed by atoms with van der Waals surface area (Å²) in [6.07, 6.45) is -0.288. The van der Waals surface area contributed by atoms with Crippen molar-refractivity contribution in [2.45, 2.75) is 24.7 Å². The van der Waals surface area contributed by atoms with Crippen LogP contribution in [0.5, 0.6) is 0 Å². The Hall–Kier alpha value is -3.28. The molecule has 2 aliphatic heterocycles. The van der Waals surface area contributed by atoms with Crippen LogP contribution in [0, 0.1) is 5.92 Å². The summed E-state index contributed by atoms with van der Waals surface area (Å²) in [5.74, 6) is -3.42. The second-order valence-corrected chi connectivity index (χ2v) is 9.62. The van der Waals surface area contributed by atoms with Gasteiger partial charge in [-0.15, -0.1) is 0 Å². The third kappa shape index (κ3) is 4.96. The molecule has 0 saturated carbocycles. The van der Waals surface area contributed by atoms with Crippen LogP contribution in [0.1, 0.15) is 30.1 Å². The molecule has 10 nitrogen and oxygen atoms in total. The van der Waals surface area contributed by atoms with Crippen molar-refractivity contribution in [2.24, 2.45) is 5.92 Å². The van der Waals surface area contributed by atoms with Gasteiger partial charge in [0.1, 0.15) is 0 Å². The Bertz CT molecular complexity index is 1130. The second kappa shape index (κ2) is 9.53. The Labute approximate surface area is 196 Å². The van der Waals surface area contributed by atoms with Crippen molar-refractivity contribution >= 4 is 28.0 Å². The van der Waals surface area contributed by atoms with E-state index >= 15 is 0 Å². The number of benzene rings is 2. The number of esters is 2. The molecule has 2 aliphatic rings. The van der Waals surface area contributed by atoms with Gasteiger partial charge in [0.05, 0.1) is 31.8 Å². The number of ether oxygens (including phenoxy) is 2. The van der Waals surface area contributed by atoms with Crippen molar-refractivity contribution in [2.75, 3.05) is 19.5 Å². The number of nitrogens with zero attached hydrogens (tertiary/aromatic N) is 1. The summed E-state index contributed by atoms with van der Waals surface area (Å²) in [6, 6.07) is 18.0. The fourth-order valence-electron chi connectivity index (χ4n) is 3.79. The molecule has 34 heavy (non-hydrogen) atoms. The maximum Gasteiger partial charge on any atom is 0.376 e. The van der Waals surface area contributed by atoms with E-state index in [0.29, 0.717) is 16.2 Å². The first kappa shape index (κ1) is 23.9. The van der Waals surface area contributed by atoms with E-state index in [1.54, 1.807) is 48.5 Å². The third-order valence-electron chi connectivity index (χ3n) is 5.46. The number of carbonyl (C=O) groups is 3. The molecule has 2 fully saturated rings. The molecule has 0 radical (unpaired) electrons. The van der Waals surface area contributed by atoms with Crippen LogP contribution in [-0.2, 0) is 43.0 Å². The normalized spacial score (nSPS) is 22.8. The molecular formula is C23H23NO9S. The molecule has 2 atom stereocenters. The van der Waals surface area contributed by atoms with Gasteiger partial charge in [0, 0.05) is 6.42 Å². The predicted molar refractivity (Wildman–Crippen MR) is 116 cm³/mol.